The molecule has 0 bridgehead atoms. The summed E-state index contributed by atoms with van der Waals surface area (Å²) >= 11 is 0. The second-order valence-corrected chi connectivity index (χ2v) is 6.89. The summed E-state index contributed by atoms with van der Waals surface area (Å²) < 4.78 is 0. The summed E-state index contributed by atoms with van der Waals surface area (Å²) in [5.74, 6) is 0.810. The summed E-state index contributed by atoms with van der Waals surface area (Å²) in [6, 6.07) is 0.663. The Morgan fingerprint density at radius 2 is 1.84 bits per heavy atom. The van der Waals surface area contributed by atoms with Gasteiger partial charge < -0.3 is 15.1 Å². The monoisotopic (exact) mass is 265 g/mol. The number of hydrogen-bond acceptors (Lipinski definition) is 3. The van der Waals surface area contributed by atoms with Crippen LogP contribution in [-0.4, -0.2) is 62.0 Å². The first-order chi connectivity index (χ1) is 9.12. The number of nitrogens with zero attached hydrogens (tertiary/aromatic N) is 2. The van der Waals surface area contributed by atoms with E-state index >= 15 is 0 Å². The van der Waals surface area contributed by atoms with Crippen molar-refractivity contribution in [2.45, 2.75) is 38.1 Å². The number of carbonyl (C=O) groups excluding carboxylic acids is 1. The van der Waals surface area contributed by atoms with Crippen LogP contribution in [0.25, 0.3) is 0 Å². The summed E-state index contributed by atoms with van der Waals surface area (Å²) in [6.45, 7) is 4.14. The van der Waals surface area contributed by atoms with Crippen molar-refractivity contribution >= 4 is 5.91 Å². The molecule has 108 valence electrons. The van der Waals surface area contributed by atoms with Crippen LogP contribution >= 0.6 is 0 Å². The summed E-state index contributed by atoms with van der Waals surface area (Å²) in [7, 11) is 4.29. The average Bonchev–Trinajstić information content (AvgIpc) is 3.12. The van der Waals surface area contributed by atoms with Gasteiger partial charge in [-0.15, -0.1) is 0 Å². The van der Waals surface area contributed by atoms with Crippen molar-refractivity contribution in [2.75, 3.05) is 40.3 Å². The molecule has 1 unspecified atom stereocenters. The minimum absolute atomic E-state index is 0.352. The molecule has 0 radical (unpaired) electrons. The van der Waals surface area contributed by atoms with E-state index in [-0.39, 0.29) is 0 Å². The Balaban J connectivity index is 1.52. The Bertz CT molecular complexity index is 341. The third-order valence-electron chi connectivity index (χ3n) is 5.59. The molecule has 1 aliphatic carbocycles. The van der Waals surface area contributed by atoms with E-state index in [2.05, 4.69) is 29.2 Å². The van der Waals surface area contributed by atoms with Gasteiger partial charge in [0.15, 0.2) is 0 Å². The van der Waals surface area contributed by atoms with Gasteiger partial charge in [-0.05, 0) is 64.7 Å². The van der Waals surface area contributed by atoms with Crippen LogP contribution in [-0.2, 0) is 4.79 Å². The molecule has 4 nitrogen and oxygen atoms in total. The molecule has 1 atom stereocenters. The zero-order chi connectivity index (χ0) is 13.5. The van der Waals surface area contributed by atoms with Crippen LogP contribution in [0.5, 0.6) is 0 Å². The highest BCUT2D eigenvalue weighted by molar-refractivity contribution is 5.82. The molecule has 1 N–H and O–H groups in total. The molecule has 1 spiro atoms. The van der Waals surface area contributed by atoms with E-state index in [9.17, 15) is 4.79 Å². The van der Waals surface area contributed by atoms with Gasteiger partial charge in [-0.1, -0.05) is 0 Å². The number of hydrogen-bond donors (Lipinski definition) is 1. The third-order valence-corrected chi connectivity index (χ3v) is 5.59. The van der Waals surface area contributed by atoms with E-state index in [4.69, 9.17) is 0 Å². The molecular formula is C15H27N3O. The zero-order valence-electron chi connectivity index (χ0n) is 12.3. The van der Waals surface area contributed by atoms with E-state index in [1.807, 2.05) is 0 Å². The van der Waals surface area contributed by atoms with E-state index < -0.39 is 0 Å². The molecular weight excluding hydrogens is 238 g/mol. The van der Waals surface area contributed by atoms with Gasteiger partial charge in [0, 0.05) is 25.0 Å². The summed E-state index contributed by atoms with van der Waals surface area (Å²) in [5.41, 5.74) is 0.390. The van der Waals surface area contributed by atoms with Gasteiger partial charge in [0.05, 0.1) is 0 Å². The smallest absolute Gasteiger partial charge is 0.226 e. The van der Waals surface area contributed by atoms with Crippen LogP contribution in [0.4, 0.5) is 0 Å². The van der Waals surface area contributed by atoms with Crippen LogP contribution in [0, 0.1) is 11.3 Å². The zero-order valence-corrected chi connectivity index (χ0v) is 12.3. The van der Waals surface area contributed by atoms with Crippen molar-refractivity contribution in [3.05, 3.63) is 0 Å². The van der Waals surface area contributed by atoms with Crippen molar-refractivity contribution in [3.63, 3.8) is 0 Å². The predicted octanol–water partition coefficient (Wildman–Crippen LogP) is 0.929. The number of piperidine rings is 2. The molecule has 2 aliphatic heterocycles. The van der Waals surface area contributed by atoms with Gasteiger partial charge in [0.1, 0.15) is 0 Å². The molecule has 3 fully saturated rings. The maximum Gasteiger partial charge on any atom is 0.226 e. The highest BCUT2D eigenvalue weighted by atomic mass is 16.2. The van der Waals surface area contributed by atoms with Gasteiger partial charge in [-0.3, -0.25) is 4.79 Å². The number of amides is 1. The first-order valence-electron chi connectivity index (χ1n) is 7.78. The fourth-order valence-corrected chi connectivity index (χ4v) is 4.00. The molecule has 2 heterocycles. The van der Waals surface area contributed by atoms with Crippen LogP contribution in [0.15, 0.2) is 0 Å². The van der Waals surface area contributed by atoms with Crippen LogP contribution < -0.4 is 5.32 Å². The second-order valence-electron chi connectivity index (χ2n) is 6.89. The lowest BCUT2D eigenvalue weighted by atomic mass is 9.91. The van der Waals surface area contributed by atoms with Gasteiger partial charge in [-0.25, -0.2) is 0 Å². The summed E-state index contributed by atoms with van der Waals surface area (Å²) in [4.78, 5) is 17.0. The second kappa shape index (κ2) is 5.06. The Hall–Kier alpha value is -0.610. The largest absolute Gasteiger partial charge is 0.342 e. The maximum absolute atomic E-state index is 12.6. The highest BCUT2D eigenvalue weighted by Gasteiger charge is 2.58. The standard InChI is InChI=1S/C15H27N3O/c1-17(2)12-3-9-18(10-4-12)14(19)13-11-15(13)5-7-16-8-6-15/h12-13,16H,3-11H2,1-2H3. The fraction of sp³-hybridized carbons (Fsp3) is 0.933. The molecule has 2 saturated heterocycles. The molecule has 1 amide bonds. The van der Waals surface area contributed by atoms with E-state index in [0.29, 0.717) is 23.3 Å². The number of likely N-dealkylation sites (tertiary alicyclic amines) is 1. The normalized spacial score (nSPS) is 30.9. The van der Waals surface area contributed by atoms with E-state index in [1.54, 1.807) is 0 Å². The topological polar surface area (TPSA) is 35.6 Å². The number of carbonyl (C=O) groups is 1. The van der Waals surface area contributed by atoms with E-state index in [1.165, 1.54) is 12.8 Å². The summed E-state index contributed by atoms with van der Waals surface area (Å²) in [5, 5.41) is 3.41. The maximum atomic E-state index is 12.6. The first-order valence-corrected chi connectivity index (χ1v) is 7.78. The Morgan fingerprint density at radius 3 is 2.42 bits per heavy atom. The van der Waals surface area contributed by atoms with Crippen molar-refractivity contribution in [3.8, 4) is 0 Å². The van der Waals surface area contributed by atoms with Crippen molar-refractivity contribution in [1.82, 2.24) is 15.1 Å². The van der Waals surface area contributed by atoms with E-state index in [0.717, 1.165) is 45.4 Å². The van der Waals surface area contributed by atoms with Crippen LogP contribution in [0.1, 0.15) is 32.1 Å². The Kier molecular flexibility index (Phi) is 3.56. The lowest BCUT2D eigenvalue weighted by Crippen LogP contribution is -2.45. The molecule has 19 heavy (non-hydrogen) atoms. The molecule has 3 aliphatic rings. The lowest BCUT2D eigenvalue weighted by molar-refractivity contribution is -0.135. The third kappa shape index (κ3) is 2.52. The SMILES string of the molecule is CN(C)C1CCN(C(=O)C2CC23CCNCC3)CC1. The minimum atomic E-state index is 0.352. The Morgan fingerprint density at radius 1 is 1.21 bits per heavy atom. The van der Waals surface area contributed by atoms with Gasteiger partial charge in [0.2, 0.25) is 5.91 Å². The quantitative estimate of drug-likeness (QED) is 0.807. The fourth-order valence-electron chi connectivity index (χ4n) is 4.00. The van der Waals surface area contributed by atoms with Gasteiger partial charge in [-0.2, -0.15) is 0 Å². The highest BCUT2D eigenvalue weighted by Crippen LogP contribution is 2.59. The van der Waals surface area contributed by atoms with Crippen molar-refractivity contribution in [2.24, 2.45) is 11.3 Å². The number of rotatable bonds is 2. The molecule has 0 aromatic heterocycles. The first kappa shape index (κ1) is 13.4. The average molecular weight is 265 g/mol. The lowest BCUT2D eigenvalue weighted by Gasteiger charge is -2.36. The van der Waals surface area contributed by atoms with Crippen LogP contribution in [0.2, 0.25) is 0 Å². The van der Waals surface area contributed by atoms with Gasteiger partial charge in [0.25, 0.3) is 0 Å². The predicted molar refractivity (Wildman–Crippen MR) is 75.9 cm³/mol. The Labute approximate surface area is 116 Å². The molecule has 0 aromatic carbocycles. The summed E-state index contributed by atoms with van der Waals surface area (Å²) in [6.07, 6.45) is 5.84. The molecule has 3 rings (SSSR count). The minimum Gasteiger partial charge on any atom is -0.342 e. The molecule has 1 saturated carbocycles. The van der Waals surface area contributed by atoms with Crippen molar-refractivity contribution in [1.29, 1.82) is 0 Å². The molecule has 4 heteroatoms. The van der Waals surface area contributed by atoms with Crippen molar-refractivity contribution < 1.29 is 4.79 Å². The van der Waals surface area contributed by atoms with Crippen LogP contribution in [0.3, 0.4) is 0 Å². The van der Waals surface area contributed by atoms with Gasteiger partial charge >= 0.3 is 0 Å². The molecule has 0 aromatic rings. The number of nitrogens with one attached hydrogen (secondary N) is 1.